The molecule has 1 fully saturated rings. The Labute approximate surface area is 133 Å². The third kappa shape index (κ3) is 3.73. The van der Waals surface area contributed by atoms with Gasteiger partial charge in [-0.2, -0.15) is 0 Å². The lowest BCUT2D eigenvalue weighted by atomic mass is 10.3. The number of nitrogens with one attached hydrogen (secondary N) is 1. The highest BCUT2D eigenvalue weighted by Crippen LogP contribution is 2.28. The van der Waals surface area contributed by atoms with Crippen LogP contribution in [-0.4, -0.2) is 62.3 Å². The zero-order valence-corrected chi connectivity index (χ0v) is 13.2. The van der Waals surface area contributed by atoms with Gasteiger partial charge in [-0.15, -0.1) is 0 Å². The zero-order valence-electron chi connectivity index (χ0n) is 12.5. The number of nitrogens with zero attached hydrogens (tertiary/aromatic N) is 2. The van der Waals surface area contributed by atoms with Crippen molar-refractivity contribution in [3.05, 3.63) is 23.2 Å². The summed E-state index contributed by atoms with van der Waals surface area (Å²) in [5, 5.41) is 3.28. The molecule has 0 aliphatic carbocycles. The molecule has 1 aromatic carbocycles. The lowest BCUT2D eigenvalue weighted by Gasteiger charge is -2.33. The van der Waals surface area contributed by atoms with E-state index < -0.39 is 0 Å². The van der Waals surface area contributed by atoms with Gasteiger partial charge in [0.15, 0.2) is 0 Å². The standard InChI is InChI=1S/C14H18ClN3O4/c1-21-12-4-3-10(15)9-11(12)16-13(19)17-5-7-18(8-6-17)14(20)22-2/h3-4,9H,5-8H2,1-2H3,(H,16,19). The van der Waals surface area contributed by atoms with E-state index in [1.54, 1.807) is 28.0 Å². The van der Waals surface area contributed by atoms with Gasteiger partial charge >= 0.3 is 12.1 Å². The molecule has 0 bridgehead atoms. The molecule has 3 amide bonds. The van der Waals surface area contributed by atoms with Crippen molar-refractivity contribution in [2.45, 2.75) is 0 Å². The van der Waals surface area contributed by atoms with E-state index in [0.717, 1.165) is 0 Å². The van der Waals surface area contributed by atoms with E-state index in [1.807, 2.05) is 0 Å². The maximum atomic E-state index is 12.3. The van der Waals surface area contributed by atoms with E-state index in [0.29, 0.717) is 42.6 Å². The molecule has 0 radical (unpaired) electrons. The summed E-state index contributed by atoms with van der Waals surface area (Å²) in [6.45, 7) is 1.74. The quantitative estimate of drug-likeness (QED) is 0.904. The third-order valence-corrected chi connectivity index (χ3v) is 3.64. The van der Waals surface area contributed by atoms with Crippen molar-refractivity contribution < 1.29 is 19.1 Å². The first-order chi connectivity index (χ1) is 10.5. The molecule has 1 aliphatic heterocycles. The third-order valence-electron chi connectivity index (χ3n) is 3.40. The lowest BCUT2D eigenvalue weighted by molar-refractivity contribution is 0.0992. The van der Waals surface area contributed by atoms with Gasteiger partial charge in [-0.1, -0.05) is 11.6 Å². The minimum absolute atomic E-state index is 0.259. The van der Waals surface area contributed by atoms with Crippen LogP contribution in [0.25, 0.3) is 0 Å². The molecule has 0 aromatic heterocycles. The van der Waals surface area contributed by atoms with Crippen LogP contribution in [0.4, 0.5) is 15.3 Å². The number of piperazine rings is 1. The van der Waals surface area contributed by atoms with E-state index in [1.165, 1.54) is 14.2 Å². The fourth-order valence-corrected chi connectivity index (χ4v) is 2.37. The van der Waals surface area contributed by atoms with Crippen LogP contribution in [0.5, 0.6) is 5.75 Å². The molecule has 0 spiro atoms. The Hall–Kier alpha value is -2.15. The molecule has 1 heterocycles. The molecular weight excluding hydrogens is 310 g/mol. The maximum Gasteiger partial charge on any atom is 0.409 e. The Morgan fingerprint density at radius 3 is 2.36 bits per heavy atom. The summed E-state index contributed by atoms with van der Waals surface area (Å²) >= 11 is 5.93. The van der Waals surface area contributed by atoms with Crippen molar-refractivity contribution in [2.75, 3.05) is 45.7 Å². The van der Waals surface area contributed by atoms with E-state index in [9.17, 15) is 9.59 Å². The molecular formula is C14H18ClN3O4. The number of hydrogen-bond donors (Lipinski definition) is 1. The van der Waals surface area contributed by atoms with Crippen LogP contribution in [-0.2, 0) is 4.74 Å². The predicted octanol–water partition coefficient (Wildman–Crippen LogP) is 2.26. The molecule has 1 N–H and O–H groups in total. The topological polar surface area (TPSA) is 71.1 Å². The lowest BCUT2D eigenvalue weighted by Crippen LogP contribution is -2.51. The fourth-order valence-electron chi connectivity index (χ4n) is 2.19. The second-order valence-corrected chi connectivity index (χ2v) is 5.16. The van der Waals surface area contributed by atoms with Gasteiger partial charge in [0.2, 0.25) is 0 Å². The van der Waals surface area contributed by atoms with Gasteiger partial charge < -0.3 is 24.6 Å². The Balaban J connectivity index is 1.96. The first-order valence-corrected chi connectivity index (χ1v) is 7.15. The Kier molecular flexibility index (Phi) is 5.32. The van der Waals surface area contributed by atoms with Crippen LogP contribution in [0, 0.1) is 0 Å². The van der Waals surface area contributed by atoms with Gasteiger partial charge in [-0.25, -0.2) is 9.59 Å². The van der Waals surface area contributed by atoms with Crippen LogP contribution >= 0.6 is 11.6 Å². The molecule has 22 heavy (non-hydrogen) atoms. The highest BCUT2D eigenvalue weighted by molar-refractivity contribution is 6.31. The summed E-state index contributed by atoms with van der Waals surface area (Å²) in [4.78, 5) is 26.9. The molecule has 120 valence electrons. The molecule has 8 heteroatoms. The summed E-state index contributed by atoms with van der Waals surface area (Å²) in [6.07, 6.45) is -0.378. The highest BCUT2D eigenvalue weighted by Gasteiger charge is 2.25. The second-order valence-electron chi connectivity index (χ2n) is 4.72. The van der Waals surface area contributed by atoms with E-state index in [4.69, 9.17) is 16.3 Å². The summed E-state index contributed by atoms with van der Waals surface area (Å²) < 4.78 is 9.85. The van der Waals surface area contributed by atoms with Gasteiger partial charge in [-0.05, 0) is 18.2 Å². The first-order valence-electron chi connectivity index (χ1n) is 6.77. The minimum Gasteiger partial charge on any atom is -0.495 e. The average molecular weight is 328 g/mol. The molecule has 0 saturated carbocycles. The van der Waals surface area contributed by atoms with Crippen LogP contribution < -0.4 is 10.1 Å². The minimum atomic E-state index is -0.378. The predicted molar refractivity (Wildman–Crippen MR) is 82.6 cm³/mol. The second kappa shape index (κ2) is 7.22. The molecule has 0 unspecified atom stereocenters. The van der Waals surface area contributed by atoms with Gasteiger partial charge in [-0.3, -0.25) is 0 Å². The zero-order chi connectivity index (χ0) is 16.1. The molecule has 2 rings (SSSR count). The number of hydrogen-bond acceptors (Lipinski definition) is 4. The van der Waals surface area contributed by atoms with Crippen molar-refractivity contribution in [1.82, 2.24) is 9.80 Å². The van der Waals surface area contributed by atoms with Crippen LogP contribution in [0.2, 0.25) is 5.02 Å². The van der Waals surface area contributed by atoms with E-state index in [2.05, 4.69) is 10.1 Å². The van der Waals surface area contributed by atoms with Gasteiger partial charge in [0.05, 0.1) is 19.9 Å². The van der Waals surface area contributed by atoms with Gasteiger partial charge in [0.1, 0.15) is 5.75 Å². The SMILES string of the molecule is COC(=O)N1CCN(C(=O)Nc2cc(Cl)ccc2OC)CC1. The number of halogens is 1. The summed E-state index contributed by atoms with van der Waals surface area (Å²) in [5.74, 6) is 0.533. The van der Waals surface area contributed by atoms with Gasteiger partial charge in [0, 0.05) is 31.2 Å². The number of ether oxygens (including phenoxy) is 2. The summed E-state index contributed by atoms with van der Waals surface area (Å²) in [6, 6.07) is 4.74. The maximum absolute atomic E-state index is 12.3. The first kappa shape index (κ1) is 16.2. The summed E-state index contributed by atoms with van der Waals surface area (Å²) in [5.41, 5.74) is 0.510. The summed E-state index contributed by atoms with van der Waals surface area (Å²) in [7, 11) is 2.86. The largest absolute Gasteiger partial charge is 0.495 e. The Bertz CT molecular complexity index is 559. The Morgan fingerprint density at radius 1 is 1.14 bits per heavy atom. The van der Waals surface area contributed by atoms with Crippen molar-refractivity contribution in [1.29, 1.82) is 0 Å². The Morgan fingerprint density at radius 2 is 1.77 bits per heavy atom. The van der Waals surface area contributed by atoms with Crippen LogP contribution in [0.1, 0.15) is 0 Å². The smallest absolute Gasteiger partial charge is 0.409 e. The van der Waals surface area contributed by atoms with Gasteiger partial charge in [0.25, 0.3) is 0 Å². The molecule has 0 atom stereocenters. The molecule has 1 aromatic rings. The molecule has 1 saturated heterocycles. The monoisotopic (exact) mass is 327 g/mol. The van der Waals surface area contributed by atoms with Crippen molar-refractivity contribution >= 4 is 29.4 Å². The number of carbonyl (C=O) groups excluding carboxylic acids is 2. The number of anilines is 1. The van der Waals surface area contributed by atoms with Crippen molar-refractivity contribution in [2.24, 2.45) is 0 Å². The van der Waals surface area contributed by atoms with Crippen LogP contribution in [0.3, 0.4) is 0 Å². The van der Waals surface area contributed by atoms with Crippen molar-refractivity contribution in [3.63, 3.8) is 0 Å². The molecule has 1 aliphatic rings. The van der Waals surface area contributed by atoms with E-state index >= 15 is 0 Å². The van der Waals surface area contributed by atoms with Crippen molar-refractivity contribution in [3.8, 4) is 5.75 Å². The highest BCUT2D eigenvalue weighted by atomic mass is 35.5. The number of rotatable bonds is 2. The number of urea groups is 1. The number of carbonyl (C=O) groups is 2. The number of methoxy groups -OCH3 is 2. The average Bonchev–Trinajstić information content (AvgIpc) is 2.54. The fraction of sp³-hybridized carbons (Fsp3) is 0.429. The number of amides is 3. The molecule has 7 nitrogen and oxygen atoms in total. The van der Waals surface area contributed by atoms with Crippen LogP contribution in [0.15, 0.2) is 18.2 Å². The number of benzene rings is 1. The van der Waals surface area contributed by atoms with E-state index in [-0.39, 0.29) is 12.1 Å². The normalized spacial score (nSPS) is 14.5.